The lowest BCUT2D eigenvalue weighted by atomic mass is 10.2. The van der Waals surface area contributed by atoms with Gasteiger partial charge >= 0.3 is 5.56 Å². The van der Waals surface area contributed by atoms with Gasteiger partial charge in [-0.15, -0.1) is 0 Å². The zero-order chi connectivity index (χ0) is 26.8. The lowest BCUT2D eigenvalue weighted by Crippen LogP contribution is -2.48. The quantitative estimate of drug-likeness (QED) is 0.312. The van der Waals surface area contributed by atoms with Crippen molar-refractivity contribution in [1.29, 1.82) is 0 Å². The van der Waals surface area contributed by atoms with Gasteiger partial charge in [0, 0.05) is 31.6 Å². The molecule has 0 saturated carbocycles. The predicted octanol–water partition coefficient (Wildman–Crippen LogP) is 4.70. The third-order valence-electron chi connectivity index (χ3n) is 6.58. The van der Waals surface area contributed by atoms with Gasteiger partial charge in [-0.1, -0.05) is 81.1 Å². The van der Waals surface area contributed by atoms with E-state index in [0.29, 0.717) is 44.2 Å². The molecule has 1 aliphatic heterocycles. The summed E-state index contributed by atoms with van der Waals surface area (Å²) in [6, 6.07) is 18.6. The Morgan fingerprint density at radius 1 is 0.895 bits per heavy atom. The van der Waals surface area contributed by atoms with Crippen molar-refractivity contribution < 1.29 is 13.2 Å². The van der Waals surface area contributed by atoms with Gasteiger partial charge in [-0.25, -0.2) is 8.42 Å². The van der Waals surface area contributed by atoms with Crippen LogP contribution in [0.25, 0.3) is 11.8 Å². The van der Waals surface area contributed by atoms with Crippen LogP contribution in [-0.2, 0) is 10.0 Å². The van der Waals surface area contributed by atoms with Crippen LogP contribution >= 0.6 is 0 Å². The van der Waals surface area contributed by atoms with Crippen LogP contribution in [0.1, 0.15) is 44.6 Å². The summed E-state index contributed by atoms with van der Waals surface area (Å²) in [5, 5.41) is 5.68. The van der Waals surface area contributed by atoms with E-state index in [1.54, 1.807) is 12.3 Å². The number of hydrogen-bond acceptors (Lipinski definition) is 6. The van der Waals surface area contributed by atoms with Gasteiger partial charge in [0.05, 0.1) is 18.5 Å². The van der Waals surface area contributed by atoms with Crippen LogP contribution in [0.2, 0.25) is 0 Å². The summed E-state index contributed by atoms with van der Waals surface area (Å²) in [6.45, 7) is 4.10. The van der Waals surface area contributed by atoms with Crippen LogP contribution in [0.4, 0.5) is 5.69 Å². The van der Waals surface area contributed by atoms with Crippen LogP contribution in [0.15, 0.2) is 77.1 Å². The summed E-state index contributed by atoms with van der Waals surface area (Å²) in [5.74, 6) is 0.264. The number of anilines is 1. The van der Waals surface area contributed by atoms with Crippen molar-refractivity contribution in [1.82, 2.24) is 14.1 Å². The maximum Gasteiger partial charge on any atom is 0.316 e. The van der Waals surface area contributed by atoms with Crippen molar-refractivity contribution in [3.8, 4) is 11.4 Å². The third-order valence-corrected chi connectivity index (χ3v) is 8.15. The molecule has 3 aromatic rings. The van der Waals surface area contributed by atoms with Gasteiger partial charge in [0.1, 0.15) is 5.69 Å². The molecule has 2 heterocycles. The molecule has 0 spiro atoms. The second-order valence-corrected chi connectivity index (χ2v) is 11.1. The highest BCUT2D eigenvalue weighted by molar-refractivity contribution is 7.92. The SMILES string of the molecule is CCCCCCCOc1c(N2CCN(S(=O)(=O)C=Cc3ccccc3)CC2)cnn(-c2ccccc2)c1=O. The van der Waals surface area contributed by atoms with E-state index < -0.39 is 10.0 Å². The topological polar surface area (TPSA) is 84.7 Å². The first-order chi connectivity index (χ1) is 18.5. The molecule has 0 amide bonds. The Balaban J connectivity index is 1.49. The fraction of sp³-hybridized carbons (Fsp3) is 0.379. The number of sulfonamides is 1. The molecular formula is C29H36N4O4S. The number of benzene rings is 2. The summed E-state index contributed by atoms with van der Waals surface area (Å²) in [6.07, 6.45) is 8.68. The van der Waals surface area contributed by atoms with Crippen LogP contribution < -0.4 is 15.2 Å². The van der Waals surface area contributed by atoms with E-state index in [1.165, 1.54) is 27.2 Å². The molecule has 38 heavy (non-hydrogen) atoms. The molecule has 0 aliphatic carbocycles. The van der Waals surface area contributed by atoms with Gasteiger partial charge < -0.3 is 9.64 Å². The Hall–Kier alpha value is -3.43. The molecule has 8 nitrogen and oxygen atoms in total. The van der Waals surface area contributed by atoms with Crippen LogP contribution in [-0.4, -0.2) is 55.3 Å². The Morgan fingerprint density at radius 2 is 1.55 bits per heavy atom. The number of unbranched alkanes of at least 4 members (excludes halogenated alkanes) is 4. The smallest absolute Gasteiger partial charge is 0.316 e. The van der Waals surface area contributed by atoms with Gasteiger partial charge in [-0.2, -0.15) is 14.1 Å². The van der Waals surface area contributed by atoms with Gasteiger partial charge in [0.15, 0.2) is 0 Å². The highest BCUT2D eigenvalue weighted by atomic mass is 32.2. The first-order valence-electron chi connectivity index (χ1n) is 13.3. The second-order valence-electron chi connectivity index (χ2n) is 9.32. The molecule has 4 rings (SSSR count). The minimum absolute atomic E-state index is 0.264. The number of rotatable bonds is 12. The lowest BCUT2D eigenvalue weighted by molar-refractivity contribution is 0.297. The molecule has 0 N–H and O–H groups in total. The molecule has 2 aromatic carbocycles. The second kappa shape index (κ2) is 13.4. The average Bonchev–Trinajstić information content (AvgIpc) is 2.95. The minimum Gasteiger partial charge on any atom is -0.486 e. The van der Waals surface area contributed by atoms with E-state index in [0.717, 1.165) is 24.8 Å². The number of ether oxygens (including phenoxy) is 1. The summed E-state index contributed by atoms with van der Waals surface area (Å²) in [5.41, 5.74) is 1.78. The molecule has 0 atom stereocenters. The average molecular weight is 537 g/mol. The molecule has 1 aliphatic rings. The highest BCUT2D eigenvalue weighted by Gasteiger charge is 2.28. The Bertz CT molecular complexity index is 1350. The molecule has 1 fully saturated rings. The molecular weight excluding hydrogens is 500 g/mol. The van der Waals surface area contributed by atoms with E-state index in [1.807, 2.05) is 65.6 Å². The van der Waals surface area contributed by atoms with E-state index >= 15 is 0 Å². The highest BCUT2D eigenvalue weighted by Crippen LogP contribution is 2.26. The number of hydrogen-bond donors (Lipinski definition) is 0. The van der Waals surface area contributed by atoms with Crippen LogP contribution in [0.5, 0.6) is 5.75 Å². The van der Waals surface area contributed by atoms with E-state index in [4.69, 9.17) is 4.74 Å². The number of piperazine rings is 1. The first-order valence-corrected chi connectivity index (χ1v) is 14.8. The molecule has 9 heteroatoms. The summed E-state index contributed by atoms with van der Waals surface area (Å²) >= 11 is 0. The maximum absolute atomic E-state index is 13.5. The largest absolute Gasteiger partial charge is 0.486 e. The Labute approximate surface area is 225 Å². The normalized spacial score (nSPS) is 14.7. The van der Waals surface area contributed by atoms with Gasteiger partial charge in [0.25, 0.3) is 0 Å². The molecule has 0 unspecified atom stereocenters. The fourth-order valence-corrected chi connectivity index (χ4v) is 5.59. The van der Waals surface area contributed by atoms with E-state index in [-0.39, 0.29) is 11.3 Å². The zero-order valence-corrected chi connectivity index (χ0v) is 22.7. The van der Waals surface area contributed by atoms with E-state index in [9.17, 15) is 13.2 Å². The Morgan fingerprint density at radius 3 is 2.24 bits per heavy atom. The van der Waals surface area contributed by atoms with Crippen LogP contribution in [0.3, 0.4) is 0 Å². The number of aromatic nitrogens is 2. The Kier molecular flexibility index (Phi) is 9.73. The first kappa shape index (κ1) is 27.6. The van der Waals surface area contributed by atoms with Crippen molar-refractivity contribution in [3.63, 3.8) is 0 Å². The van der Waals surface area contributed by atoms with Crippen LogP contribution in [0, 0.1) is 0 Å². The van der Waals surface area contributed by atoms with Gasteiger partial charge in [-0.3, -0.25) is 4.79 Å². The molecule has 1 aromatic heterocycles. The third kappa shape index (κ3) is 7.11. The van der Waals surface area contributed by atoms with E-state index in [2.05, 4.69) is 12.0 Å². The molecule has 0 bridgehead atoms. The molecule has 0 radical (unpaired) electrons. The monoisotopic (exact) mass is 536 g/mol. The summed E-state index contributed by atoms with van der Waals surface area (Å²) in [4.78, 5) is 15.5. The van der Waals surface area contributed by atoms with Crippen molar-refractivity contribution in [2.75, 3.05) is 37.7 Å². The van der Waals surface area contributed by atoms with Gasteiger partial charge in [0.2, 0.25) is 15.8 Å². The zero-order valence-electron chi connectivity index (χ0n) is 21.9. The summed E-state index contributed by atoms with van der Waals surface area (Å²) < 4.78 is 34.7. The fourth-order valence-electron chi connectivity index (χ4n) is 4.42. The maximum atomic E-state index is 13.5. The standard InChI is InChI=1S/C29H36N4O4S/c1-2-3-4-5-12-22-37-28-27(24-30-33(29(28)34)26-15-10-7-11-16-26)31-18-20-32(21-19-31)38(35,36)23-17-25-13-8-6-9-14-25/h6-11,13-17,23-24H,2-5,12,18-22H2,1H3. The van der Waals surface area contributed by atoms with Crippen molar-refractivity contribution >= 4 is 21.8 Å². The summed E-state index contributed by atoms with van der Waals surface area (Å²) in [7, 11) is -3.56. The number of nitrogens with zero attached hydrogens (tertiary/aromatic N) is 4. The molecule has 1 saturated heterocycles. The van der Waals surface area contributed by atoms with Crippen molar-refractivity contribution in [2.45, 2.75) is 39.0 Å². The van der Waals surface area contributed by atoms with Gasteiger partial charge in [-0.05, 0) is 30.2 Å². The van der Waals surface area contributed by atoms with Crippen molar-refractivity contribution in [3.05, 3.63) is 88.2 Å². The number of para-hydroxylation sites is 1. The molecule has 202 valence electrons. The lowest BCUT2D eigenvalue weighted by Gasteiger charge is -2.35. The minimum atomic E-state index is -3.56. The van der Waals surface area contributed by atoms with Crippen molar-refractivity contribution in [2.24, 2.45) is 0 Å². The predicted molar refractivity (Wildman–Crippen MR) is 152 cm³/mol.